The lowest BCUT2D eigenvalue weighted by atomic mass is 9.98. The summed E-state index contributed by atoms with van der Waals surface area (Å²) in [7, 11) is 0. The molecule has 1 rings (SSSR count). The lowest BCUT2D eigenvalue weighted by Crippen LogP contribution is -2.10. The smallest absolute Gasteiger partial charge is 0.120 e. The fourth-order valence-corrected chi connectivity index (χ4v) is 2.01. The summed E-state index contributed by atoms with van der Waals surface area (Å²) >= 11 is 0. The maximum absolute atomic E-state index is 5.50. The Morgan fingerprint density at radius 3 is 2.58 bits per heavy atom. The van der Waals surface area contributed by atoms with Crippen LogP contribution in [0.25, 0.3) is 0 Å². The van der Waals surface area contributed by atoms with Gasteiger partial charge in [-0.25, -0.2) is 0 Å². The maximum Gasteiger partial charge on any atom is 0.120 e. The van der Waals surface area contributed by atoms with Gasteiger partial charge in [-0.3, -0.25) is 0 Å². The Morgan fingerprint density at radius 1 is 1.21 bits per heavy atom. The van der Waals surface area contributed by atoms with Gasteiger partial charge in [-0.1, -0.05) is 44.6 Å². The van der Waals surface area contributed by atoms with Gasteiger partial charge in [0.25, 0.3) is 0 Å². The van der Waals surface area contributed by atoms with Gasteiger partial charge >= 0.3 is 0 Å². The number of hydrogen-bond acceptors (Lipinski definition) is 2. The van der Waals surface area contributed by atoms with Crippen LogP contribution < -0.4 is 10.5 Å². The molecule has 0 spiro atoms. The Hall–Kier alpha value is -1.46. The largest absolute Gasteiger partial charge is 0.492 e. The lowest BCUT2D eigenvalue weighted by molar-refractivity contribution is 0.328. The molecule has 2 heteroatoms. The van der Waals surface area contributed by atoms with E-state index in [0.717, 1.165) is 11.3 Å². The molecule has 0 atom stereocenters. The van der Waals surface area contributed by atoms with E-state index in [2.05, 4.69) is 25.7 Å². The zero-order valence-electron chi connectivity index (χ0n) is 12.1. The Kier molecular flexibility index (Phi) is 7.77. The van der Waals surface area contributed by atoms with Crippen LogP contribution in [0.1, 0.15) is 45.1 Å². The molecule has 2 nitrogen and oxygen atoms in total. The van der Waals surface area contributed by atoms with Gasteiger partial charge in [0.2, 0.25) is 0 Å². The summed E-state index contributed by atoms with van der Waals surface area (Å²) in [5, 5.41) is 0. The zero-order valence-corrected chi connectivity index (χ0v) is 12.1. The van der Waals surface area contributed by atoms with Crippen molar-refractivity contribution >= 4 is 0 Å². The van der Waals surface area contributed by atoms with Gasteiger partial charge < -0.3 is 10.5 Å². The SMILES string of the molecule is CCCC(C#Cc1cccc(OCCN)c1)CCC. The summed E-state index contributed by atoms with van der Waals surface area (Å²) in [5.74, 6) is 8.03. The summed E-state index contributed by atoms with van der Waals surface area (Å²) in [5.41, 5.74) is 6.45. The molecule has 0 unspecified atom stereocenters. The number of nitrogens with two attached hydrogens (primary N) is 1. The second-order valence-corrected chi connectivity index (χ2v) is 4.71. The summed E-state index contributed by atoms with van der Waals surface area (Å²) in [6, 6.07) is 7.93. The van der Waals surface area contributed by atoms with E-state index in [9.17, 15) is 0 Å². The minimum Gasteiger partial charge on any atom is -0.492 e. The molecule has 19 heavy (non-hydrogen) atoms. The molecule has 1 aromatic rings. The van der Waals surface area contributed by atoms with Crippen molar-refractivity contribution in [2.75, 3.05) is 13.2 Å². The van der Waals surface area contributed by atoms with Gasteiger partial charge in [0.1, 0.15) is 12.4 Å². The van der Waals surface area contributed by atoms with E-state index in [1.165, 1.54) is 25.7 Å². The average Bonchev–Trinajstić information content (AvgIpc) is 2.43. The van der Waals surface area contributed by atoms with Crippen molar-refractivity contribution in [3.63, 3.8) is 0 Å². The average molecular weight is 259 g/mol. The van der Waals surface area contributed by atoms with E-state index >= 15 is 0 Å². The molecular weight excluding hydrogens is 234 g/mol. The Balaban J connectivity index is 2.69. The van der Waals surface area contributed by atoms with E-state index in [4.69, 9.17) is 10.5 Å². The molecule has 0 aliphatic carbocycles. The second kappa shape index (κ2) is 9.47. The summed E-state index contributed by atoms with van der Waals surface area (Å²) in [4.78, 5) is 0. The standard InChI is InChI=1S/C17H25NO/c1-3-6-15(7-4-2)10-11-16-8-5-9-17(14-16)19-13-12-18/h5,8-9,14-15H,3-4,6-7,12-13,18H2,1-2H3. The van der Waals surface area contributed by atoms with Crippen LogP contribution in [0.4, 0.5) is 0 Å². The van der Waals surface area contributed by atoms with Gasteiger partial charge in [0.15, 0.2) is 0 Å². The van der Waals surface area contributed by atoms with Crippen molar-refractivity contribution in [3.8, 4) is 17.6 Å². The molecular formula is C17H25NO. The molecule has 0 amide bonds. The Labute approximate surface area is 117 Å². The lowest BCUT2D eigenvalue weighted by Gasteiger charge is -2.07. The van der Waals surface area contributed by atoms with E-state index < -0.39 is 0 Å². The molecule has 0 saturated carbocycles. The highest BCUT2D eigenvalue weighted by Gasteiger charge is 2.01. The normalized spacial score (nSPS) is 10.1. The minimum absolute atomic E-state index is 0.517. The van der Waals surface area contributed by atoms with Gasteiger partial charge in [0, 0.05) is 18.0 Å². The van der Waals surface area contributed by atoms with Crippen molar-refractivity contribution < 1.29 is 4.74 Å². The summed E-state index contributed by atoms with van der Waals surface area (Å²) in [6.07, 6.45) is 4.76. The third-order valence-electron chi connectivity index (χ3n) is 2.92. The molecule has 0 heterocycles. The minimum atomic E-state index is 0.517. The second-order valence-electron chi connectivity index (χ2n) is 4.71. The first-order valence-electron chi connectivity index (χ1n) is 7.24. The molecule has 0 aliphatic heterocycles. The summed E-state index contributed by atoms with van der Waals surface area (Å²) < 4.78 is 5.50. The summed E-state index contributed by atoms with van der Waals surface area (Å²) in [6.45, 7) is 5.51. The van der Waals surface area contributed by atoms with Crippen molar-refractivity contribution in [3.05, 3.63) is 29.8 Å². The number of benzene rings is 1. The van der Waals surface area contributed by atoms with E-state index in [1.54, 1.807) is 0 Å². The first-order chi connectivity index (χ1) is 9.30. The molecule has 0 aliphatic rings. The molecule has 2 N–H and O–H groups in total. The van der Waals surface area contributed by atoms with Crippen molar-refractivity contribution in [2.45, 2.75) is 39.5 Å². The van der Waals surface area contributed by atoms with Gasteiger partial charge in [-0.2, -0.15) is 0 Å². The van der Waals surface area contributed by atoms with Gasteiger partial charge in [-0.05, 0) is 31.0 Å². The van der Waals surface area contributed by atoms with E-state index in [-0.39, 0.29) is 0 Å². The molecule has 0 aromatic heterocycles. The van der Waals surface area contributed by atoms with Crippen molar-refractivity contribution in [1.82, 2.24) is 0 Å². The quantitative estimate of drug-likeness (QED) is 0.759. The van der Waals surface area contributed by atoms with Crippen LogP contribution in [0.2, 0.25) is 0 Å². The molecule has 104 valence electrons. The van der Waals surface area contributed by atoms with E-state index in [0.29, 0.717) is 19.1 Å². The Morgan fingerprint density at radius 2 is 1.95 bits per heavy atom. The molecule has 0 saturated heterocycles. The monoisotopic (exact) mass is 259 g/mol. The third-order valence-corrected chi connectivity index (χ3v) is 2.92. The fourth-order valence-electron chi connectivity index (χ4n) is 2.01. The van der Waals surface area contributed by atoms with Gasteiger partial charge in [-0.15, -0.1) is 0 Å². The van der Waals surface area contributed by atoms with Crippen LogP contribution in [0.15, 0.2) is 24.3 Å². The third kappa shape index (κ3) is 6.31. The topological polar surface area (TPSA) is 35.2 Å². The van der Waals surface area contributed by atoms with Crippen LogP contribution in [0.3, 0.4) is 0 Å². The molecule has 0 fully saturated rings. The number of rotatable bonds is 7. The Bertz CT molecular complexity index is 411. The number of ether oxygens (including phenoxy) is 1. The molecule has 1 aromatic carbocycles. The van der Waals surface area contributed by atoms with Crippen LogP contribution in [0, 0.1) is 17.8 Å². The molecule has 0 radical (unpaired) electrons. The van der Waals surface area contributed by atoms with E-state index in [1.807, 2.05) is 24.3 Å². The van der Waals surface area contributed by atoms with Crippen LogP contribution in [-0.2, 0) is 0 Å². The number of hydrogen-bond donors (Lipinski definition) is 1. The van der Waals surface area contributed by atoms with Crippen molar-refractivity contribution in [2.24, 2.45) is 11.7 Å². The maximum atomic E-state index is 5.50. The fraction of sp³-hybridized carbons (Fsp3) is 0.529. The van der Waals surface area contributed by atoms with Crippen molar-refractivity contribution in [1.29, 1.82) is 0 Å². The van der Waals surface area contributed by atoms with Gasteiger partial charge in [0.05, 0.1) is 0 Å². The highest BCUT2D eigenvalue weighted by atomic mass is 16.5. The van der Waals surface area contributed by atoms with Crippen LogP contribution >= 0.6 is 0 Å². The van der Waals surface area contributed by atoms with Crippen LogP contribution in [-0.4, -0.2) is 13.2 Å². The first kappa shape index (κ1) is 15.6. The predicted octanol–water partition coefficient (Wildman–Crippen LogP) is 3.59. The zero-order chi connectivity index (χ0) is 13.9. The molecule has 0 bridgehead atoms. The van der Waals surface area contributed by atoms with Crippen LogP contribution in [0.5, 0.6) is 5.75 Å². The highest BCUT2D eigenvalue weighted by Crippen LogP contribution is 2.15. The highest BCUT2D eigenvalue weighted by molar-refractivity contribution is 5.40. The predicted molar refractivity (Wildman–Crippen MR) is 81.2 cm³/mol. The first-order valence-corrected chi connectivity index (χ1v) is 7.24.